The van der Waals surface area contributed by atoms with Crippen LogP contribution in [0.2, 0.25) is 0 Å². The molecule has 1 atom stereocenters. The van der Waals surface area contributed by atoms with Crippen molar-refractivity contribution in [3.63, 3.8) is 0 Å². The molecule has 1 unspecified atom stereocenters. The largest absolute Gasteiger partial charge is 0.497 e. The summed E-state index contributed by atoms with van der Waals surface area (Å²) in [5.41, 5.74) is 1.88. The molecule has 2 N–H and O–H groups in total. The van der Waals surface area contributed by atoms with Gasteiger partial charge in [0.25, 0.3) is 0 Å². The predicted octanol–water partition coefficient (Wildman–Crippen LogP) is 4.13. The molecule has 0 aliphatic carbocycles. The highest BCUT2D eigenvalue weighted by Crippen LogP contribution is 2.32. The molecule has 0 saturated carbocycles. The lowest BCUT2D eigenvalue weighted by Crippen LogP contribution is -2.30. The van der Waals surface area contributed by atoms with E-state index in [0.717, 1.165) is 47.6 Å². The number of furan rings is 1. The smallest absolute Gasteiger partial charge is 0.220 e. The van der Waals surface area contributed by atoms with Crippen LogP contribution in [-0.4, -0.2) is 26.1 Å². The number of rotatable bonds is 6. The van der Waals surface area contributed by atoms with Gasteiger partial charge >= 0.3 is 0 Å². The number of ether oxygens (including phenoxy) is 1. The minimum Gasteiger partial charge on any atom is -0.497 e. The summed E-state index contributed by atoms with van der Waals surface area (Å²) in [6.07, 6.45) is 3.90. The average molecular weight is 381 g/mol. The van der Waals surface area contributed by atoms with Crippen molar-refractivity contribution < 1.29 is 13.9 Å². The molecule has 1 amide bonds. The van der Waals surface area contributed by atoms with Crippen molar-refractivity contribution in [2.45, 2.75) is 45.6 Å². The number of fused-ring (bicyclic) bond motifs is 1. The van der Waals surface area contributed by atoms with Crippen LogP contribution >= 0.6 is 12.4 Å². The van der Waals surface area contributed by atoms with Gasteiger partial charge in [-0.25, -0.2) is 0 Å². The van der Waals surface area contributed by atoms with E-state index >= 15 is 0 Å². The first-order chi connectivity index (χ1) is 12.1. The van der Waals surface area contributed by atoms with Gasteiger partial charge in [-0.15, -0.1) is 12.4 Å². The van der Waals surface area contributed by atoms with Gasteiger partial charge in [0.2, 0.25) is 5.91 Å². The van der Waals surface area contributed by atoms with E-state index in [1.165, 1.54) is 12.8 Å². The van der Waals surface area contributed by atoms with Crippen molar-refractivity contribution in [3.05, 3.63) is 29.5 Å². The molecule has 144 valence electrons. The first kappa shape index (κ1) is 20.6. The third-order valence-corrected chi connectivity index (χ3v) is 5.19. The Morgan fingerprint density at radius 2 is 2.12 bits per heavy atom. The van der Waals surface area contributed by atoms with E-state index in [1.54, 1.807) is 7.11 Å². The Morgan fingerprint density at radius 1 is 1.38 bits per heavy atom. The second-order valence-electron chi connectivity index (χ2n) is 6.97. The number of amides is 1. The van der Waals surface area contributed by atoms with E-state index < -0.39 is 0 Å². The molecule has 0 bridgehead atoms. The standard InChI is InChI=1S/C20H28N2O3.ClH/c1-13-17-12-16(24-3)5-6-18(17)25-20(13)14(2)22-19(23)7-4-15-8-10-21-11-9-15;/h5-6,12,14-15,21H,4,7-11H2,1-3H3,(H,22,23);1H. The number of hydrogen-bond donors (Lipinski definition) is 2. The van der Waals surface area contributed by atoms with Crippen molar-refractivity contribution in [3.8, 4) is 5.75 Å². The van der Waals surface area contributed by atoms with E-state index in [1.807, 2.05) is 32.0 Å². The van der Waals surface area contributed by atoms with Crippen LogP contribution in [0.15, 0.2) is 22.6 Å². The molecule has 1 fully saturated rings. The van der Waals surface area contributed by atoms with Gasteiger partial charge in [0, 0.05) is 17.4 Å². The number of hydrogen-bond acceptors (Lipinski definition) is 4. The second-order valence-corrected chi connectivity index (χ2v) is 6.97. The van der Waals surface area contributed by atoms with Crippen LogP contribution in [0, 0.1) is 12.8 Å². The fraction of sp³-hybridized carbons (Fsp3) is 0.550. The fourth-order valence-corrected chi connectivity index (χ4v) is 3.64. The van der Waals surface area contributed by atoms with Crippen LogP contribution in [0.4, 0.5) is 0 Å². The minimum atomic E-state index is -0.140. The van der Waals surface area contributed by atoms with Gasteiger partial charge in [-0.3, -0.25) is 4.79 Å². The molecule has 1 aliphatic rings. The van der Waals surface area contributed by atoms with Crippen molar-refractivity contribution in [1.82, 2.24) is 10.6 Å². The van der Waals surface area contributed by atoms with Gasteiger partial charge in [0.15, 0.2) is 0 Å². The average Bonchev–Trinajstić information content (AvgIpc) is 2.97. The number of nitrogens with one attached hydrogen (secondary N) is 2. The molecule has 0 radical (unpaired) electrons. The Bertz CT molecular complexity index is 738. The molecule has 1 aliphatic heterocycles. The maximum atomic E-state index is 12.3. The summed E-state index contributed by atoms with van der Waals surface area (Å²) in [7, 11) is 1.66. The summed E-state index contributed by atoms with van der Waals surface area (Å²) in [4.78, 5) is 12.3. The molecule has 6 heteroatoms. The predicted molar refractivity (Wildman–Crippen MR) is 106 cm³/mol. The molecule has 1 aromatic carbocycles. The number of aryl methyl sites for hydroxylation is 1. The molecule has 1 saturated heterocycles. The quantitative estimate of drug-likeness (QED) is 0.790. The van der Waals surface area contributed by atoms with Gasteiger partial charge in [-0.2, -0.15) is 0 Å². The molecule has 1 aromatic heterocycles. The zero-order valence-corrected chi connectivity index (χ0v) is 16.6. The molecule has 2 aromatic rings. The zero-order chi connectivity index (χ0) is 17.8. The summed E-state index contributed by atoms with van der Waals surface area (Å²) < 4.78 is 11.3. The van der Waals surface area contributed by atoms with Crippen LogP contribution in [0.3, 0.4) is 0 Å². The lowest BCUT2D eigenvalue weighted by molar-refractivity contribution is -0.122. The van der Waals surface area contributed by atoms with Crippen LogP contribution < -0.4 is 15.4 Å². The molecular formula is C20H29ClN2O3. The summed E-state index contributed by atoms with van der Waals surface area (Å²) in [6, 6.07) is 5.63. The Morgan fingerprint density at radius 3 is 2.81 bits per heavy atom. The number of carbonyl (C=O) groups excluding carboxylic acids is 1. The van der Waals surface area contributed by atoms with Gasteiger partial charge in [-0.05, 0) is 70.3 Å². The van der Waals surface area contributed by atoms with Gasteiger partial charge in [0.1, 0.15) is 17.1 Å². The van der Waals surface area contributed by atoms with Gasteiger partial charge in [-0.1, -0.05) is 0 Å². The Hall–Kier alpha value is -1.72. The first-order valence-electron chi connectivity index (χ1n) is 9.15. The second kappa shape index (κ2) is 9.28. The third-order valence-electron chi connectivity index (χ3n) is 5.19. The van der Waals surface area contributed by atoms with Gasteiger partial charge < -0.3 is 19.8 Å². The summed E-state index contributed by atoms with van der Waals surface area (Å²) in [6.45, 7) is 6.15. The highest BCUT2D eigenvalue weighted by Gasteiger charge is 2.20. The lowest BCUT2D eigenvalue weighted by Gasteiger charge is -2.22. The van der Waals surface area contributed by atoms with E-state index in [9.17, 15) is 4.79 Å². The van der Waals surface area contributed by atoms with E-state index in [0.29, 0.717) is 12.3 Å². The van der Waals surface area contributed by atoms with E-state index in [4.69, 9.17) is 9.15 Å². The number of piperidine rings is 1. The molecule has 2 heterocycles. The number of carbonyl (C=O) groups is 1. The highest BCUT2D eigenvalue weighted by atomic mass is 35.5. The van der Waals surface area contributed by atoms with Crippen LogP contribution in [-0.2, 0) is 4.79 Å². The topological polar surface area (TPSA) is 63.5 Å². The fourth-order valence-electron chi connectivity index (χ4n) is 3.64. The van der Waals surface area contributed by atoms with Crippen LogP contribution in [0.5, 0.6) is 5.75 Å². The van der Waals surface area contributed by atoms with Crippen molar-refractivity contribution in [1.29, 1.82) is 0 Å². The Balaban J connectivity index is 0.00000243. The lowest BCUT2D eigenvalue weighted by atomic mass is 9.93. The molecule has 5 nitrogen and oxygen atoms in total. The van der Waals surface area contributed by atoms with E-state index in [2.05, 4.69) is 10.6 Å². The Kier molecular flexibility index (Phi) is 7.35. The zero-order valence-electron chi connectivity index (χ0n) is 15.8. The monoisotopic (exact) mass is 380 g/mol. The number of methoxy groups -OCH3 is 1. The third kappa shape index (κ3) is 4.71. The van der Waals surface area contributed by atoms with Gasteiger partial charge in [0.05, 0.1) is 13.2 Å². The van der Waals surface area contributed by atoms with Crippen molar-refractivity contribution in [2.75, 3.05) is 20.2 Å². The minimum absolute atomic E-state index is 0. The van der Waals surface area contributed by atoms with E-state index in [-0.39, 0.29) is 24.4 Å². The molecular weight excluding hydrogens is 352 g/mol. The summed E-state index contributed by atoms with van der Waals surface area (Å²) >= 11 is 0. The van der Waals surface area contributed by atoms with Crippen molar-refractivity contribution in [2.24, 2.45) is 5.92 Å². The normalized spacial score (nSPS) is 16.1. The Labute approximate surface area is 161 Å². The number of halogens is 1. The maximum absolute atomic E-state index is 12.3. The SMILES string of the molecule is COc1ccc2oc(C(C)NC(=O)CCC3CCNCC3)c(C)c2c1.Cl. The number of benzene rings is 1. The highest BCUT2D eigenvalue weighted by molar-refractivity contribution is 5.85. The molecule has 0 spiro atoms. The van der Waals surface area contributed by atoms with Crippen LogP contribution in [0.25, 0.3) is 11.0 Å². The first-order valence-corrected chi connectivity index (χ1v) is 9.15. The molecule has 26 heavy (non-hydrogen) atoms. The summed E-state index contributed by atoms with van der Waals surface area (Å²) in [5, 5.41) is 7.48. The van der Waals surface area contributed by atoms with Crippen LogP contribution in [0.1, 0.15) is 50.0 Å². The van der Waals surface area contributed by atoms with Crippen molar-refractivity contribution >= 4 is 29.3 Å². The summed E-state index contributed by atoms with van der Waals surface area (Å²) in [5.74, 6) is 2.39. The molecule has 3 rings (SSSR count). The maximum Gasteiger partial charge on any atom is 0.220 e.